The summed E-state index contributed by atoms with van der Waals surface area (Å²) in [6.07, 6.45) is 9.90. The lowest BCUT2D eigenvalue weighted by Crippen LogP contribution is -2.03. The number of benzene rings is 5. The summed E-state index contributed by atoms with van der Waals surface area (Å²) in [5, 5.41) is 15.2. The van der Waals surface area contributed by atoms with Crippen molar-refractivity contribution in [1.82, 2.24) is 14.1 Å². The quantitative estimate of drug-likeness (QED) is 0.159. The fourth-order valence-corrected chi connectivity index (χ4v) is 7.42. The summed E-state index contributed by atoms with van der Waals surface area (Å²) in [4.78, 5) is 4.75. The van der Waals surface area contributed by atoms with Crippen molar-refractivity contribution < 1.29 is 0 Å². The Morgan fingerprint density at radius 3 is 1.88 bits per heavy atom. The van der Waals surface area contributed by atoms with E-state index >= 15 is 0 Å². The van der Waals surface area contributed by atoms with Gasteiger partial charge in [0.1, 0.15) is 6.07 Å². The Morgan fingerprint density at radius 1 is 0.750 bits per heavy atom. The molecule has 0 aliphatic heterocycles. The first-order chi connectivity index (χ1) is 23.7. The molecule has 0 saturated heterocycles. The van der Waals surface area contributed by atoms with Gasteiger partial charge in [-0.1, -0.05) is 97.1 Å². The molecule has 0 amide bonds. The summed E-state index contributed by atoms with van der Waals surface area (Å²) in [7, 11) is 0. The van der Waals surface area contributed by atoms with Gasteiger partial charge in [0.25, 0.3) is 0 Å². The zero-order valence-electron chi connectivity index (χ0n) is 26.8. The number of pyridine rings is 1. The van der Waals surface area contributed by atoms with Crippen LogP contribution in [0, 0.1) is 11.3 Å². The van der Waals surface area contributed by atoms with Crippen LogP contribution < -0.4 is 0 Å². The van der Waals surface area contributed by atoms with Crippen molar-refractivity contribution in [1.29, 1.82) is 5.26 Å². The van der Waals surface area contributed by atoms with Crippen LogP contribution >= 0.6 is 0 Å². The molecule has 48 heavy (non-hydrogen) atoms. The average Bonchev–Trinajstić information content (AvgIpc) is 3.66. The molecule has 4 nitrogen and oxygen atoms in total. The standard InChI is InChI=1S/C44H34N4/c1-3-30(24-25-34(4-2)47-40-20-9-5-15-36(40)37-16-6-10-21-41(37)47)32-26-33(29-46-28-32)35-19-13-14-31(27-45)44(35)48-42-22-11-7-17-38(42)39-18-8-12-23-43(39)48/h3-23,26,28-30H,1,24-25H2,2H3/b34-4+. The lowest BCUT2D eigenvalue weighted by molar-refractivity contribution is 0.743. The molecule has 0 N–H and O–H groups in total. The van der Waals surface area contributed by atoms with E-state index in [0.29, 0.717) is 5.56 Å². The van der Waals surface area contributed by atoms with Crippen LogP contribution in [0.4, 0.5) is 0 Å². The van der Waals surface area contributed by atoms with Gasteiger partial charge in [-0.25, -0.2) is 0 Å². The number of nitriles is 1. The molecule has 0 saturated carbocycles. The number of hydrogen-bond donors (Lipinski definition) is 0. The zero-order chi connectivity index (χ0) is 32.6. The topological polar surface area (TPSA) is 46.5 Å². The third-order valence-electron chi connectivity index (χ3n) is 9.66. The van der Waals surface area contributed by atoms with Gasteiger partial charge in [-0.15, -0.1) is 6.58 Å². The Bertz CT molecular complexity index is 2470. The van der Waals surface area contributed by atoms with Crippen LogP contribution in [-0.4, -0.2) is 14.1 Å². The molecule has 0 fully saturated rings. The van der Waals surface area contributed by atoms with Gasteiger partial charge >= 0.3 is 0 Å². The molecule has 1 unspecified atom stereocenters. The molecule has 0 aliphatic rings. The Morgan fingerprint density at radius 2 is 1.31 bits per heavy atom. The molecule has 0 aliphatic carbocycles. The van der Waals surface area contributed by atoms with Crippen molar-refractivity contribution >= 4 is 49.3 Å². The number of allylic oxidation sites excluding steroid dienone is 3. The molecule has 0 spiro atoms. The zero-order valence-corrected chi connectivity index (χ0v) is 26.8. The molecule has 230 valence electrons. The summed E-state index contributed by atoms with van der Waals surface area (Å²) in [5.74, 6) is 0.0938. The van der Waals surface area contributed by atoms with Crippen LogP contribution in [0.2, 0.25) is 0 Å². The Balaban J connectivity index is 1.19. The second kappa shape index (κ2) is 12.2. The van der Waals surface area contributed by atoms with E-state index < -0.39 is 0 Å². The maximum Gasteiger partial charge on any atom is 0.101 e. The summed E-state index contributed by atoms with van der Waals surface area (Å²) in [5.41, 5.74) is 10.4. The lowest BCUT2D eigenvalue weighted by atomic mass is 9.92. The van der Waals surface area contributed by atoms with E-state index in [-0.39, 0.29) is 5.92 Å². The molecule has 1 atom stereocenters. The predicted octanol–water partition coefficient (Wildman–Crippen LogP) is 11.4. The summed E-state index contributed by atoms with van der Waals surface area (Å²) < 4.78 is 4.64. The van der Waals surface area contributed by atoms with Crippen LogP contribution in [0.3, 0.4) is 0 Å². The van der Waals surface area contributed by atoms with Gasteiger partial charge in [-0.05, 0) is 61.7 Å². The molecule has 4 heteroatoms. The van der Waals surface area contributed by atoms with Gasteiger partial charge in [0, 0.05) is 56.7 Å². The van der Waals surface area contributed by atoms with Gasteiger partial charge in [-0.2, -0.15) is 5.26 Å². The van der Waals surface area contributed by atoms with Crippen molar-refractivity contribution in [3.05, 3.63) is 164 Å². The minimum atomic E-state index is 0.0938. The van der Waals surface area contributed by atoms with Gasteiger partial charge in [0.05, 0.1) is 33.3 Å². The maximum absolute atomic E-state index is 10.4. The van der Waals surface area contributed by atoms with Crippen molar-refractivity contribution in [3.8, 4) is 22.9 Å². The highest BCUT2D eigenvalue weighted by molar-refractivity contribution is 6.11. The molecule has 5 aromatic carbocycles. The van der Waals surface area contributed by atoms with Crippen molar-refractivity contribution in [2.24, 2.45) is 0 Å². The minimum Gasteiger partial charge on any atom is -0.313 e. The van der Waals surface area contributed by atoms with Crippen molar-refractivity contribution in [3.63, 3.8) is 0 Å². The summed E-state index contributed by atoms with van der Waals surface area (Å²) in [6.45, 7) is 6.39. The largest absolute Gasteiger partial charge is 0.313 e. The Kier molecular flexibility index (Phi) is 7.43. The first kappa shape index (κ1) is 29.2. The minimum absolute atomic E-state index is 0.0938. The normalized spacial score (nSPS) is 12.5. The fraction of sp³-hybridized carbons (Fsp3) is 0.0909. The molecule has 8 aromatic rings. The van der Waals surface area contributed by atoms with Gasteiger partial charge in [0.2, 0.25) is 0 Å². The van der Waals surface area contributed by atoms with E-state index in [1.54, 1.807) is 0 Å². The highest BCUT2D eigenvalue weighted by atomic mass is 15.0. The average molecular weight is 619 g/mol. The number of hydrogen-bond acceptors (Lipinski definition) is 2. The second-order valence-electron chi connectivity index (χ2n) is 12.2. The molecular formula is C44H34N4. The molecule has 0 radical (unpaired) electrons. The van der Waals surface area contributed by atoms with Gasteiger partial charge in [-0.3, -0.25) is 4.98 Å². The van der Waals surface area contributed by atoms with E-state index in [9.17, 15) is 5.26 Å². The number of aromatic nitrogens is 3. The molecule has 3 heterocycles. The van der Waals surface area contributed by atoms with Crippen LogP contribution in [0.25, 0.3) is 66.1 Å². The molecule has 3 aromatic heterocycles. The van der Waals surface area contributed by atoms with Gasteiger partial charge < -0.3 is 9.13 Å². The molecule has 0 bridgehead atoms. The van der Waals surface area contributed by atoms with E-state index in [1.807, 2.05) is 30.6 Å². The SMILES string of the molecule is C=CC(CC/C(=C\C)n1c2ccccc2c2ccccc21)c1cncc(-c2cccc(C#N)c2-n2c3ccccc3c3ccccc32)c1. The van der Waals surface area contributed by atoms with E-state index in [4.69, 9.17) is 4.98 Å². The third-order valence-corrected chi connectivity index (χ3v) is 9.66. The highest BCUT2D eigenvalue weighted by Crippen LogP contribution is 2.39. The first-order valence-corrected chi connectivity index (χ1v) is 16.4. The monoisotopic (exact) mass is 618 g/mol. The molecular weight excluding hydrogens is 585 g/mol. The number of rotatable bonds is 8. The predicted molar refractivity (Wildman–Crippen MR) is 200 cm³/mol. The van der Waals surface area contributed by atoms with Crippen LogP contribution in [0.1, 0.15) is 36.8 Å². The lowest BCUT2D eigenvalue weighted by Gasteiger charge is -2.19. The Labute approximate surface area is 280 Å². The van der Waals surface area contributed by atoms with Gasteiger partial charge in [0.15, 0.2) is 0 Å². The fourth-order valence-electron chi connectivity index (χ4n) is 7.42. The number of nitrogens with zero attached hydrogens (tertiary/aromatic N) is 4. The van der Waals surface area contributed by atoms with E-state index in [2.05, 4.69) is 144 Å². The Hall–Kier alpha value is -6.18. The van der Waals surface area contributed by atoms with E-state index in [0.717, 1.165) is 57.0 Å². The van der Waals surface area contributed by atoms with Crippen molar-refractivity contribution in [2.45, 2.75) is 25.7 Å². The summed E-state index contributed by atoms with van der Waals surface area (Å²) >= 11 is 0. The van der Waals surface area contributed by atoms with Crippen LogP contribution in [-0.2, 0) is 0 Å². The third kappa shape index (κ3) is 4.71. The number of fused-ring (bicyclic) bond motifs is 6. The smallest absolute Gasteiger partial charge is 0.101 e. The van der Waals surface area contributed by atoms with E-state index in [1.165, 1.54) is 27.5 Å². The summed E-state index contributed by atoms with van der Waals surface area (Å²) in [6, 6.07) is 44.8. The van der Waals surface area contributed by atoms with Crippen LogP contribution in [0.15, 0.2) is 152 Å². The second-order valence-corrected chi connectivity index (χ2v) is 12.2. The maximum atomic E-state index is 10.4. The molecule has 8 rings (SSSR count). The van der Waals surface area contributed by atoms with Crippen LogP contribution in [0.5, 0.6) is 0 Å². The van der Waals surface area contributed by atoms with Crippen molar-refractivity contribution in [2.75, 3.05) is 0 Å². The highest BCUT2D eigenvalue weighted by Gasteiger charge is 2.20. The first-order valence-electron chi connectivity index (χ1n) is 16.4. The number of para-hydroxylation sites is 5.